The van der Waals surface area contributed by atoms with Crippen molar-refractivity contribution >= 4 is 34.0 Å². The average molecular weight is 436 g/mol. The molecule has 7 heteroatoms. The highest BCUT2D eigenvalue weighted by atomic mass is 35.5. The smallest absolute Gasteiger partial charge is 0.257 e. The van der Waals surface area contributed by atoms with Crippen LogP contribution in [0.4, 0.5) is 5.13 Å². The fourth-order valence-corrected chi connectivity index (χ4v) is 3.69. The molecule has 1 amide bonds. The van der Waals surface area contributed by atoms with E-state index in [2.05, 4.69) is 15.5 Å². The molecule has 150 valence electrons. The molecule has 30 heavy (non-hydrogen) atoms. The summed E-state index contributed by atoms with van der Waals surface area (Å²) in [6.07, 6.45) is 0. The number of aryl methyl sites for hydroxylation is 1. The summed E-state index contributed by atoms with van der Waals surface area (Å²) in [7, 11) is 0. The molecule has 0 bridgehead atoms. The number of rotatable bonds is 6. The van der Waals surface area contributed by atoms with Crippen molar-refractivity contribution in [3.63, 3.8) is 0 Å². The van der Waals surface area contributed by atoms with Gasteiger partial charge in [0.2, 0.25) is 5.13 Å². The number of carbonyl (C=O) groups excluding carboxylic acids is 1. The molecule has 0 atom stereocenters. The molecule has 4 rings (SSSR count). The molecule has 3 aromatic carbocycles. The number of ether oxygens (including phenoxy) is 1. The normalized spacial score (nSPS) is 10.6. The van der Waals surface area contributed by atoms with E-state index in [1.807, 2.05) is 55.5 Å². The molecular weight excluding hydrogens is 418 g/mol. The second kappa shape index (κ2) is 9.07. The minimum absolute atomic E-state index is 0.273. The number of halogens is 1. The molecule has 0 aliphatic rings. The predicted octanol–water partition coefficient (Wildman–Crippen LogP) is 6.00. The summed E-state index contributed by atoms with van der Waals surface area (Å²) in [5.41, 5.74) is 3.49. The molecule has 1 N–H and O–H groups in total. The largest absolute Gasteiger partial charge is 0.489 e. The van der Waals surface area contributed by atoms with E-state index in [0.717, 1.165) is 16.1 Å². The summed E-state index contributed by atoms with van der Waals surface area (Å²) in [4.78, 5) is 12.6. The van der Waals surface area contributed by atoms with E-state index < -0.39 is 0 Å². The van der Waals surface area contributed by atoms with Gasteiger partial charge in [0, 0.05) is 21.7 Å². The molecule has 0 unspecified atom stereocenters. The SMILES string of the molecule is Cc1ccc(-c2nnc(NC(=O)c3cccc(OCc4ccccc4Cl)c3)s2)cc1. The molecule has 0 spiro atoms. The Hall–Kier alpha value is -3.22. The highest BCUT2D eigenvalue weighted by Crippen LogP contribution is 2.27. The zero-order chi connectivity index (χ0) is 20.9. The Morgan fingerprint density at radius 1 is 1.03 bits per heavy atom. The Morgan fingerprint density at radius 3 is 2.63 bits per heavy atom. The lowest BCUT2D eigenvalue weighted by Gasteiger charge is -2.09. The number of nitrogens with zero attached hydrogens (tertiary/aromatic N) is 2. The van der Waals surface area contributed by atoms with Crippen molar-refractivity contribution in [1.82, 2.24) is 10.2 Å². The first kappa shape index (κ1) is 20.1. The number of amides is 1. The molecule has 0 aliphatic heterocycles. The molecule has 0 fully saturated rings. The van der Waals surface area contributed by atoms with E-state index in [9.17, 15) is 4.79 Å². The van der Waals surface area contributed by atoms with E-state index >= 15 is 0 Å². The maximum Gasteiger partial charge on any atom is 0.257 e. The molecular formula is C23H18ClN3O2S. The van der Waals surface area contributed by atoms with Gasteiger partial charge in [-0.1, -0.05) is 77.0 Å². The van der Waals surface area contributed by atoms with Crippen LogP contribution in [0.5, 0.6) is 5.75 Å². The maximum atomic E-state index is 12.6. The number of anilines is 1. The Labute approximate surface area is 183 Å². The number of aromatic nitrogens is 2. The van der Waals surface area contributed by atoms with Crippen LogP contribution in [-0.4, -0.2) is 16.1 Å². The molecule has 0 saturated heterocycles. The standard InChI is InChI=1S/C23H18ClN3O2S/c1-15-9-11-16(12-10-15)22-26-27-23(30-22)25-21(28)17-6-4-7-19(13-17)29-14-18-5-2-3-8-20(18)24/h2-13H,14H2,1H3,(H,25,27,28). The molecule has 5 nitrogen and oxygen atoms in total. The molecule has 0 aliphatic carbocycles. The number of hydrogen-bond donors (Lipinski definition) is 1. The predicted molar refractivity (Wildman–Crippen MR) is 120 cm³/mol. The van der Waals surface area contributed by atoms with Crippen LogP contribution >= 0.6 is 22.9 Å². The van der Waals surface area contributed by atoms with Crippen molar-refractivity contribution in [1.29, 1.82) is 0 Å². The van der Waals surface area contributed by atoms with Crippen molar-refractivity contribution in [2.45, 2.75) is 13.5 Å². The highest BCUT2D eigenvalue weighted by molar-refractivity contribution is 7.18. The topological polar surface area (TPSA) is 64.1 Å². The summed E-state index contributed by atoms with van der Waals surface area (Å²) >= 11 is 7.49. The van der Waals surface area contributed by atoms with Crippen LogP contribution in [0, 0.1) is 6.92 Å². The molecule has 4 aromatic rings. The Kier molecular flexibility index (Phi) is 6.07. The highest BCUT2D eigenvalue weighted by Gasteiger charge is 2.12. The van der Waals surface area contributed by atoms with Crippen LogP contribution in [0.2, 0.25) is 5.02 Å². The first-order chi connectivity index (χ1) is 14.6. The number of hydrogen-bond acceptors (Lipinski definition) is 5. The molecule has 0 saturated carbocycles. The second-order valence-corrected chi connectivity index (χ2v) is 8.03. The van der Waals surface area contributed by atoms with Crippen molar-refractivity contribution in [3.05, 3.63) is 94.5 Å². The maximum absolute atomic E-state index is 12.6. The summed E-state index contributed by atoms with van der Waals surface area (Å²) in [5, 5.41) is 12.9. The van der Waals surface area contributed by atoms with E-state index in [1.54, 1.807) is 24.3 Å². The van der Waals surface area contributed by atoms with Crippen LogP contribution in [0.15, 0.2) is 72.8 Å². The minimum Gasteiger partial charge on any atom is -0.489 e. The van der Waals surface area contributed by atoms with Crippen molar-refractivity contribution < 1.29 is 9.53 Å². The van der Waals surface area contributed by atoms with Gasteiger partial charge in [0.25, 0.3) is 5.91 Å². The fourth-order valence-electron chi connectivity index (χ4n) is 2.76. The van der Waals surface area contributed by atoms with Crippen LogP contribution in [-0.2, 0) is 6.61 Å². The molecule has 0 radical (unpaired) electrons. The quantitative estimate of drug-likeness (QED) is 0.403. The zero-order valence-corrected chi connectivity index (χ0v) is 17.7. The van der Waals surface area contributed by atoms with Crippen molar-refractivity contribution in [2.24, 2.45) is 0 Å². The summed E-state index contributed by atoms with van der Waals surface area (Å²) < 4.78 is 5.80. The van der Waals surface area contributed by atoms with Gasteiger partial charge < -0.3 is 4.74 Å². The lowest BCUT2D eigenvalue weighted by molar-refractivity contribution is 0.102. The summed E-state index contributed by atoms with van der Waals surface area (Å²) in [6.45, 7) is 2.35. The average Bonchev–Trinajstić information content (AvgIpc) is 3.22. The summed E-state index contributed by atoms with van der Waals surface area (Å²) in [5.74, 6) is 0.310. The third-order valence-corrected chi connectivity index (χ3v) is 5.65. The van der Waals surface area contributed by atoms with Crippen LogP contribution in [0.1, 0.15) is 21.5 Å². The van der Waals surface area contributed by atoms with Crippen molar-refractivity contribution in [2.75, 3.05) is 5.32 Å². The van der Waals surface area contributed by atoms with E-state index in [1.165, 1.54) is 16.9 Å². The van der Waals surface area contributed by atoms with Gasteiger partial charge in [-0.15, -0.1) is 10.2 Å². The third-order valence-electron chi connectivity index (χ3n) is 4.39. The van der Waals surface area contributed by atoms with Gasteiger partial charge in [-0.2, -0.15) is 0 Å². The van der Waals surface area contributed by atoms with Crippen LogP contribution in [0.3, 0.4) is 0 Å². The van der Waals surface area contributed by atoms with Crippen LogP contribution < -0.4 is 10.1 Å². The van der Waals surface area contributed by atoms with Gasteiger partial charge in [-0.3, -0.25) is 10.1 Å². The minimum atomic E-state index is -0.273. The van der Waals surface area contributed by atoms with Gasteiger partial charge in [-0.05, 0) is 31.2 Å². The van der Waals surface area contributed by atoms with E-state index in [-0.39, 0.29) is 5.91 Å². The molecule has 1 heterocycles. The first-order valence-corrected chi connectivity index (χ1v) is 10.5. The van der Waals surface area contributed by atoms with Gasteiger partial charge in [0.05, 0.1) is 0 Å². The molecule has 1 aromatic heterocycles. The number of carbonyl (C=O) groups is 1. The third kappa shape index (κ3) is 4.84. The summed E-state index contributed by atoms with van der Waals surface area (Å²) in [6, 6.07) is 22.5. The number of nitrogens with one attached hydrogen (secondary N) is 1. The Morgan fingerprint density at radius 2 is 1.83 bits per heavy atom. The van der Waals surface area contributed by atoms with Crippen molar-refractivity contribution in [3.8, 4) is 16.3 Å². The fraction of sp³-hybridized carbons (Fsp3) is 0.0870. The zero-order valence-electron chi connectivity index (χ0n) is 16.1. The van der Waals surface area contributed by atoms with Gasteiger partial charge in [-0.25, -0.2) is 0 Å². The first-order valence-electron chi connectivity index (χ1n) is 9.27. The monoisotopic (exact) mass is 435 g/mol. The second-order valence-electron chi connectivity index (χ2n) is 6.64. The lowest BCUT2D eigenvalue weighted by Crippen LogP contribution is -2.11. The Balaban J connectivity index is 1.42. The van der Waals surface area contributed by atoms with E-state index in [4.69, 9.17) is 16.3 Å². The van der Waals surface area contributed by atoms with Gasteiger partial charge in [0.15, 0.2) is 0 Å². The van der Waals surface area contributed by atoms with Gasteiger partial charge in [0.1, 0.15) is 17.4 Å². The van der Waals surface area contributed by atoms with Crippen LogP contribution in [0.25, 0.3) is 10.6 Å². The Bertz CT molecular complexity index is 1180. The van der Waals surface area contributed by atoms with E-state index in [0.29, 0.717) is 28.1 Å². The number of benzene rings is 3. The van der Waals surface area contributed by atoms with Gasteiger partial charge >= 0.3 is 0 Å². The lowest BCUT2D eigenvalue weighted by atomic mass is 10.2.